The van der Waals surface area contributed by atoms with Crippen LogP contribution in [0.5, 0.6) is 5.75 Å². The molecule has 10 heteroatoms. The Labute approximate surface area is 278 Å². The fraction of sp³-hybridized carbons (Fsp3) is 0.622. The third-order valence-electron chi connectivity index (χ3n) is 9.81. The zero-order chi connectivity index (χ0) is 34.7. The number of carboxylic acid groups (broad SMARTS) is 1. The summed E-state index contributed by atoms with van der Waals surface area (Å²) < 4.78 is 5.97. The highest BCUT2D eigenvalue weighted by molar-refractivity contribution is 5.85. The molecule has 0 radical (unpaired) electrons. The van der Waals surface area contributed by atoms with Crippen molar-refractivity contribution in [1.82, 2.24) is 5.32 Å². The average Bonchev–Trinajstić information content (AvgIpc) is 3.50. The molecule has 1 aliphatic carbocycles. The van der Waals surface area contributed by atoms with Gasteiger partial charge in [-0.1, -0.05) is 58.4 Å². The van der Waals surface area contributed by atoms with Crippen LogP contribution in [-0.4, -0.2) is 62.6 Å². The summed E-state index contributed by atoms with van der Waals surface area (Å²) in [6.07, 6.45) is 6.63. The summed E-state index contributed by atoms with van der Waals surface area (Å²) in [5, 5.41) is 53.7. The van der Waals surface area contributed by atoms with Crippen molar-refractivity contribution in [2.45, 2.75) is 110 Å². The van der Waals surface area contributed by atoms with Gasteiger partial charge in [0.25, 0.3) is 0 Å². The van der Waals surface area contributed by atoms with E-state index in [2.05, 4.69) is 25.2 Å². The van der Waals surface area contributed by atoms with Crippen molar-refractivity contribution in [1.29, 1.82) is 5.26 Å². The summed E-state index contributed by atoms with van der Waals surface area (Å²) in [4.78, 5) is 38.8. The van der Waals surface area contributed by atoms with Crippen LogP contribution < -0.4 is 5.32 Å². The standard InChI is InChI=1S/C37H52N2O8/c1-22-16-23(2)18-25(4)35(43)27(21-38)8-5-6-11-33(47-34(42)20-32(41)24(3)17-22)29-9-7-10-30(29)36(44)39-31(37(45)46)19-26-12-14-28(40)15-13-26/h5-6,8,12-15,22-25,29-33,35,40-41,43H,7,9-11,16-20H2,1-4H3,(H,39,44)(H,45,46)/b6-5+,27-8-/t22-,23+,24-,25-,29+,30+,31-,32-,33-,35+/m0/s1. The number of esters is 1. The van der Waals surface area contributed by atoms with E-state index in [0.717, 1.165) is 12.8 Å². The molecule has 1 heterocycles. The minimum Gasteiger partial charge on any atom is -0.508 e. The van der Waals surface area contributed by atoms with E-state index in [1.54, 1.807) is 30.4 Å². The number of nitriles is 1. The van der Waals surface area contributed by atoms with Crippen LogP contribution in [0.25, 0.3) is 0 Å². The zero-order valence-electron chi connectivity index (χ0n) is 28.0. The molecule has 10 atom stereocenters. The number of aromatic hydroxyl groups is 1. The van der Waals surface area contributed by atoms with Crippen LogP contribution in [0.4, 0.5) is 0 Å². The van der Waals surface area contributed by atoms with E-state index in [1.165, 1.54) is 12.1 Å². The van der Waals surface area contributed by atoms with E-state index in [-0.39, 0.29) is 48.3 Å². The lowest BCUT2D eigenvalue weighted by molar-refractivity contribution is -0.156. The lowest BCUT2D eigenvalue weighted by Crippen LogP contribution is -2.47. The smallest absolute Gasteiger partial charge is 0.326 e. The minimum absolute atomic E-state index is 0.0333. The van der Waals surface area contributed by atoms with Gasteiger partial charge in [-0.05, 0) is 79.5 Å². The maximum absolute atomic E-state index is 13.5. The average molecular weight is 653 g/mol. The second kappa shape index (κ2) is 18.0. The summed E-state index contributed by atoms with van der Waals surface area (Å²) >= 11 is 0. The summed E-state index contributed by atoms with van der Waals surface area (Å²) in [6, 6.07) is 7.05. The van der Waals surface area contributed by atoms with Crippen LogP contribution in [0.1, 0.15) is 84.6 Å². The Hall–Kier alpha value is -3.68. The number of aliphatic hydroxyl groups is 2. The number of cyclic esters (lactones) is 1. The van der Waals surface area contributed by atoms with E-state index in [4.69, 9.17) is 4.74 Å². The van der Waals surface area contributed by atoms with Crippen LogP contribution in [0.15, 0.2) is 48.1 Å². The molecule has 3 rings (SSSR count). The van der Waals surface area contributed by atoms with Crippen LogP contribution in [0.3, 0.4) is 0 Å². The third kappa shape index (κ3) is 11.5. The molecule has 1 aliphatic heterocycles. The number of carbonyl (C=O) groups excluding carboxylic acids is 2. The molecule has 0 bridgehead atoms. The first-order chi connectivity index (χ1) is 22.3. The van der Waals surface area contributed by atoms with Gasteiger partial charge in [0.1, 0.15) is 17.9 Å². The monoisotopic (exact) mass is 652 g/mol. The number of nitrogens with one attached hydrogen (secondary N) is 1. The highest BCUT2D eigenvalue weighted by Gasteiger charge is 2.41. The molecule has 2 aliphatic rings. The summed E-state index contributed by atoms with van der Waals surface area (Å²) in [5.41, 5.74) is 0.884. The number of phenolic OH excluding ortho intramolecular Hbond substituents is 1. The van der Waals surface area contributed by atoms with Gasteiger partial charge in [0.2, 0.25) is 5.91 Å². The number of amides is 1. The molecular weight excluding hydrogens is 600 g/mol. The van der Waals surface area contributed by atoms with Gasteiger partial charge in [-0.25, -0.2) is 4.79 Å². The van der Waals surface area contributed by atoms with E-state index in [0.29, 0.717) is 37.2 Å². The van der Waals surface area contributed by atoms with E-state index < -0.39 is 54.0 Å². The van der Waals surface area contributed by atoms with Crippen LogP contribution in [0.2, 0.25) is 0 Å². The third-order valence-corrected chi connectivity index (χ3v) is 9.81. The van der Waals surface area contributed by atoms with Gasteiger partial charge in [0.05, 0.1) is 30.3 Å². The SMILES string of the molecule is C[C@@H]1C[C@H](C)C[C@H](C)[C@@H](O)CC(=O)O[C@H]([C@@H]2CCC[C@H]2C(=O)N[C@@H](Cc2ccc(O)cc2)C(=O)O)C/C=C/C=C(/C#N)[C@H](O)[C@@H](C)C1. The van der Waals surface area contributed by atoms with Gasteiger partial charge in [0, 0.05) is 24.7 Å². The maximum atomic E-state index is 13.5. The number of carbonyl (C=O) groups is 3. The summed E-state index contributed by atoms with van der Waals surface area (Å²) in [6.45, 7) is 8.10. The molecule has 0 aromatic heterocycles. The lowest BCUT2D eigenvalue weighted by Gasteiger charge is -2.29. The fourth-order valence-electron chi connectivity index (χ4n) is 7.33. The van der Waals surface area contributed by atoms with Gasteiger partial charge in [0.15, 0.2) is 0 Å². The molecule has 1 aromatic rings. The Kier molecular flexibility index (Phi) is 14.5. The Morgan fingerprint density at radius 3 is 2.32 bits per heavy atom. The highest BCUT2D eigenvalue weighted by Crippen LogP contribution is 2.38. The quantitative estimate of drug-likeness (QED) is 0.263. The van der Waals surface area contributed by atoms with Gasteiger partial charge in [-0.2, -0.15) is 5.26 Å². The first kappa shape index (κ1) is 37.8. The zero-order valence-corrected chi connectivity index (χ0v) is 28.0. The van der Waals surface area contributed by atoms with Crippen molar-refractivity contribution in [3.8, 4) is 11.8 Å². The Bertz CT molecular complexity index is 1300. The largest absolute Gasteiger partial charge is 0.508 e. The van der Waals surface area contributed by atoms with Gasteiger partial charge >= 0.3 is 11.9 Å². The normalized spacial score (nSPS) is 33.9. The molecule has 0 unspecified atom stereocenters. The highest BCUT2D eigenvalue weighted by atomic mass is 16.5. The topological polar surface area (TPSA) is 177 Å². The van der Waals surface area contributed by atoms with Crippen LogP contribution in [-0.2, 0) is 25.5 Å². The number of allylic oxidation sites excluding steroid dienone is 2. The number of aliphatic carboxylic acids is 1. The van der Waals surface area contributed by atoms with Crippen molar-refractivity contribution in [3.63, 3.8) is 0 Å². The molecule has 1 fully saturated rings. The minimum atomic E-state index is -1.19. The second-order valence-electron chi connectivity index (χ2n) is 14.0. The lowest BCUT2D eigenvalue weighted by atomic mass is 9.82. The molecule has 5 N–H and O–H groups in total. The van der Waals surface area contributed by atoms with Crippen molar-refractivity contribution in [2.75, 3.05) is 0 Å². The molecule has 1 saturated carbocycles. The van der Waals surface area contributed by atoms with Gasteiger partial charge in [-0.3, -0.25) is 9.59 Å². The van der Waals surface area contributed by atoms with Gasteiger partial charge in [-0.15, -0.1) is 0 Å². The van der Waals surface area contributed by atoms with Crippen molar-refractivity contribution < 1.29 is 39.5 Å². The van der Waals surface area contributed by atoms with Crippen LogP contribution >= 0.6 is 0 Å². The van der Waals surface area contributed by atoms with E-state index >= 15 is 0 Å². The number of rotatable bonds is 6. The molecule has 1 amide bonds. The Morgan fingerprint density at radius 1 is 1.02 bits per heavy atom. The molecule has 258 valence electrons. The van der Waals surface area contributed by atoms with Crippen molar-refractivity contribution in [2.24, 2.45) is 35.5 Å². The molecule has 0 saturated heterocycles. The summed E-state index contributed by atoms with van der Waals surface area (Å²) in [7, 11) is 0. The van der Waals surface area contributed by atoms with Crippen molar-refractivity contribution in [3.05, 3.63) is 53.6 Å². The first-order valence-corrected chi connectivity index (χ1v) is 16.9. The number of hydrogen-bond donors (Lipinski definition) is 5. The molecule has 47 heavy (non-hydrogen) atoms. The van der Waals surface area contributed by atoms with Gasteiger partial charge < -0.3 is 30.5 Å². The predicted molar refractivity (Wildman–Crippen MR) is 177 cm³/mol. The van der Waals surface area contributed by atoms with E-state index in [1.807, 2.05) is 13.8 Å². The molecule has 10 nitrogen and oxygen atoms in total. The number of carboxylic acids is 1. The first-order valence-electron chi connectivity index (χ1n) is 16.9. The Balaban J connectivity index is 1.84. The number of phenols is 1. The number of benzene rings is 1. The predicted octanol–water partition coefficient (Wildman–Crippen LogP) is 5.07. The number of ether oxygens (including phenoxy) is 1. The summed E-state index contributed by atoms with van der Waals surface area (Å²) in [5.74, 6) is -2.82. The molecule has 1 aromatic carbocycles. The van der Waals surface area contributed by atoms with Crippen molar-refractivity contribution >= 4 is 17.8 Å². The fourth-order valence-corrected chi connectivity index (χ4v) is 7.33. The second-order valence-corrected chi connectivity index (χ2v) is 14.0. The maximum Gasteiger partial charge on any atom is 0.326 e. The van der Waals surface area contributed by atoms with Crippen LogP contribution in [0, 0.1) is 46.8 Å². The number of aliphatic hydroxyl groups excluding tert-OH is 2. The number of nitrogens with zero attached hydrogens (tertiary/aromatic N) is 1. The molecule has 0 spiro atoms. The molecular formula is C37H52N2O8. The Morgan fingerprint density at radius 2 is 1.68 bits per heavy atom. The number of hydrogen-bond acceptors (Lipinski definition) is 8. The van der Waals surface area contributed by atoms with E-state index in [9.17, 15) is 40.1 Å².